The van der Waals surface area contributed by atoms with Crippen LogP contribution >= 0.6 is 0 Å². The molecule has 50 heavy (non-hydrogen) atoms. The van der Waals surface area contributed by atoms with Gasteiger partial charge in [-0.05, 0) is 48.4 Å². The van der Waals surface area contributed by atoms with Crippen molar-refractivity contribution in [3.05, 3.63) is 107 Å². The Morgan fingerprint density at radius 2 is 1.34 bits per heavy atom. The summed E-state index contributed by atoms with van der Waals surface area (Å²) in [5.74, 6) is -1.63. The molecule has 0 radical (unpaired) electrons. The number of benzene rings is 3. The summed E-state index contributed by atoms with van der Waals surface area (Å²) in [4.78, 5) is 56.5. The molecule has 0 aromatic heterocycles. The van der Waals surface area contributed by atoms with Crippen LogP contribution in [0.15, 0.2) is 84.9 Å². The lowest BCUT2D eigenvalue weighted by molar-refractivity contribution is -0.135. The Balaban J connectivity index is 1.24. The molecular formula is C39H48N4O7. The highest BCUT2D eigenvalue weighted by molar-refractivity contribution is 5.98. The molecule has 3 amide bonds. The number of morpholine rings is 1. The summed E-state index contributed by atoms with van der Waals surface area (Å²) in [5, 5.41) is 8.53. The van der Waals surface area contributed by atoms with Crippen LogP contribution in [0, 0.1) is 0 Å². The average molecular weight is 685 g/mol. The van der Waals surface area contributed by atoms with Crippen molar-refractivity contribution < 1.29 is 33.4 Å². The summed E-state index contributed by atoms with van der Waals surface area (Å²) in [6.45, 7) is 5.93. The van der Waals surface area contributed by atoms with Crippen LogP contribution in [0.25, 0.3) is 0 Å². The summed E-state index contributed by atoms with van der Waals surface area (Å²) < 4.78 is 16.1. The van der Waals surface area contributed by atoms with Crippen LogP contribution in [0.4, 0.5) is 0 Å². The molecule has 3 aromatic rings. The van der Waals surface area contributed by atoms with Crippen LogP contribution in [0.5, 0.6) is 0 Å². The molecular weight excluding hydrogens is 636 g/mol. The third kappa shape index (κ3) is 11.0. The van der Waals surface area contributed by atoms with Crippen LogP contribution in [0.2, 0.25) is 0 Å². The van der Waals surface area contributed by atoms with Gasteiger partial charge in [-0.25, -0.2) is 0 Å². The van der Waals surface area contributed by atoms with Gasteiger partial charge in [0.05, 0.1) is 38.9 Å². The molecule has 0 saturated carbocycles. The van der Waals surface area contributed by atoms with Crippen molar-refractivity contribution in [2.24, 2.45) is 0 Å². The van der Waals surface area contributed by atoms with Gasteiger partial charge in [-0.15, -0.1) is 0 Å². The second-order valence-electron chi connectivity index (χ2n) is 13.2. The number of hydrogen-bond acceptors (Lipinski definition) is 8. The molecule has 2 fully saturated rings. The largest absolute Gasteiger partial charge is 0.382 e. The fourth-order valence-electron chi connectivity index (χ4n) is 6.01. The third-order valence-electron chi connectivity index (χ3n) is 9.09. The zero-order chi connectivity index (χ0) is 35.3. The first-order chi connectivity index (χ1) is 24.2. The van der Waals surface area contributed by atoms with Crippen LogP contribution < -0.4 is 16.0 Å². The summed E-state index contributed by atoms with van der Waals surface area (Å²) in [6, 6.07) is 24.1. The lowest BCUT2D eigenvalue weighted by Gasteiger charge is -2.26. The number of carbonyl (C=O) groups excluding carboxylic acids is 4. The Morgan fingerprint density at radius 1 is 0.760 bits per heavy atom. The average Bonchev–Trinajstić information content (AvgIpc) is 3.89. The van der Waals surface area contributed by atoms with Gasteiger partial charge in [0.1, 0.15) is 17.7 Å². The molecule has 0 aliphatic carbocycles. The first-order valence-electron chi connectivity index (χ1n) is 17.3. The monoisotopic (exact) mass is 684 g/mol. The molecule has 2 heterocycles. The topological polar surface area (TPSA) is 139 Å². The van der Waals surface area contributed by atoms with Crippen molar-refractivity contribution in [3.63, 3.8) is 0 Å². The van der Waals surface area contributed by atoms with Crippen molar-refractivity contribution in [3.8, 4) is 0 Å². The molecule has 11 heteroatoms. The van der Waals surface area contributed by atoms with Crippen molar-refractivity contribution in [2.45, 2.75) is 62.9 Å². The molecule has 4 atom stereocenters. The van der Waals surface area contributed by atoms with Gasteiger partial charge in [0.2, 0.25) is 17.7 Å². The maximum Gasteiger partial charge on any atom is 0.245 e. The fraction of sp³-hybridized carbons (Fsp3) is 0.436. The number of epoxide rings is 1. The van der Waals surface area contributed by atoms with E-state index in [-0.39, 0.29) is 37.7 Å². The number of ether oxygens (including phenoxy) is 3. The number of methoxy groups -OCH3 is 1. The van der Waals surface area contributed by atoms with Crippen molar-refractivity contribution in [2.75, 3.05) is 46.6 Å². The normalized spacial score (nSPS) is 19.1. The summed E-state index contributed by atoms with van der Waals surface area (Å²) in [6.07, 6.45) is 1.20. The molecule has 2 aliphatic heterocycles. The first kappa shape index (κ1) is 36.9. The second-order valence-corrected chi connectivity index (χ2v) is 13.2. The maximum atomic E-state index is 13.8. The number of hydrogen-bond donors (Lipinski definition) is 3. The SMILES string of the molecule is COCC(NC(=O)C(CCc1ccccc1)NC(=O)Cc1ccc(CN2CCOCC2)cc1)C(=O)NC(Cc1ccccc1)C(=O)[C@@]1(C)CO1. The van der Waals surface area contributed by atoms with Gasteiger partial charge >= 0.3 is 0 Å². The lowest BCUT2D eigenvalue weighted by atomic mass is 9.94. The number of amides is 3. The third-order valence-corrected chi connectivity index (χ3v) is 9.09. The van der Waals surface area contributed by atoms with E-state index in [1.807, 2.05) is 84.9 Å². The predicted octanol–water partition coefficient (Wildman–Crippen LogP) is 2.40. The Bertz CT molecular complexity index is 1560. The van der Waals surface area contributed by atoms with Crippen LogP contribution in [-0.4, -0.2) is 98.8 Å². The van der Waals surface area contributed by atoms with Gasteiger partial charge in [0, 0.05) is 26.7 Å². The number of Topliss-reactive ketones (excluding diaryl/α,β-unsaturated/α-hetero) is 1. The van der Waals surface area contributed by atoms with E-state index in [9.17, 15) is 19.2 Å². The van der Waals surface area contributed by atoms with Gasteiger partial charge in [0.25, 0.3) is 0 Å². The van der Waals surface area contributed by atoms with Crippen molar-refractivity contribution in [1.82, 2.24) is 20.9 Å². The predicted molar refractivity (Wildman–Crippen MR) is 188 cm³/mol. The molecule has 0 spiro atoms. The standard InChI is InChI=1S/C39H48N4O7/c1-39(27-50-39)36(45)33(23-29-11-7-4-8-12-29)41-38(47)34(26-48-2)42-37(46)32(18-17-28-9-5-3-6-10-28)40-35(44)24-30-13-15-31(16-14-30)25-43-19-21-49-22-20-43/h3-16,32-34H,17-27H2,1-2H3,(H,40,44)(H,41,47)(H,42,46)/t32?,33?,34?,39-/m1/s1. The fourth-order valence-corrected chi connectivity index (χ4v) is 6.01. The Labute approximate surface area is 294 Å². The Hall–Kier alpha value is -4.42. The summed E-state index contributed by atoms with van der Waals surface area (Å²) >= 11 is 0. The van der Waals surface area contributed by atoms with E-state index in [2.05, 4.69) is 20.9 Å². The van der Waals surface area contributed by atoms with E-state index < -0.39 is 35.5 Å². The van der Waals surface area contributed by atoms with Gasteiger partial charge in [0.15, 0.2) is 5.78 Å². The number of nitrogens with one attached hydrogen (secondary N) is 3. The minimum Gasteiger partial charge on any atom is -0.382 e. The number of ketones is 1. The van der Waals surface area contributed by atoms with Gasteiger partial charge in [-0.1, -0.05) is 84.9 Å². The highest BCUT2D eigenvalue weighted by Gasteiger charge is 2.50. The number of rotatable bonds is 18. The van der Waals surface area contributed by atoms with Crippen molar-refractivity contribution >= 4 is 23.5 Å². The van der Waals surface area contributed by atoms with E-state index in [0.717, 1.165) is 55.1 Å². The quantitative estimate of drug-likeness (QED) is 0.174. The molecule has 2 saturated heterocycles. The number of carbonyl (C=O) groups is 4. The summed E-state index contributed by atoms with van der Waals surface area (Å²) in [5.41, 5.74) is 2.92. The highest BCUT2D eigenvalue weighted by Crippen LogP contribution is 2.29. The zero-order valence-electron chi connectivity index (χ0n) is 28.9. The van der Waals surface area contributed by atoms with E-state index in [1.54, 1.807) is 6.92 Å². The Kier molecular flexibility index (Phi) is 13.3. The molecule has 3 unspecified atom stereocenters. The molecule has 2 aliphatic rings. The first-order valence-corrected chi connectivity index (χ1v) is 17.3. The molecule has 11 nitrogen and oxygen atoms in total. The lowest BCUT2D eigenvalue weighted by Crippen LogP contribution is -2.58. The maximum absolute atomic E-state index is 13.8. The molecule has 266 valence electrons. The van der Waals surface area contributed by atoms with Crippen LogP contribution in [0.1, 0.15) is 35.6 Å². The molecule has 3 aromatic carbocycles. The van der Waals surface area contributed by atoms with Crippen molar-refractivity contribution in [1.29, 1.82) is 0 Å². The second kappa shape index (κ2) is 18.0. The summed E-state index contributed by atoms with van der Waals surface area (Å²) in [7, 11) is 1.43. The number of aryl methyl sites for hydroxylation is 1. The van der Waals surface area contributed by atoms with Crippen LogP contribution in [0.3, 0.4) is 0 Å². The van der Waals surface area contributed by atoms with Gasteiger partial charge in [-0.2, -0.15) is 0 Å². The van der Waals surface area contributed by atoms with Crippen LogP contribution in [-0.2, 0) is 59.2 Å². The van der Waals surface area contributed by atoms with E-state index in [1.165, 1.54) is 7.11 Å². The van der Waals surface area contributed by atoms with Gasteiger partial charge in [-0.3, -0.25) is 24.1 Å². The molecule has 0 bridgehead atoms. The minimum absolute atomic E-state index is 0.0963. The number of nitrogens with zero attached hydrogens (tertiary/aromatic N) is 1. The highest BCUT2D eigenvalue weighted by atomic mass is 16.6. The van der Waals surface area contributed by atoms with E-state index >= 15 is 0 Å². The Morgan fingerprint density at radius 3 is 1.96 bits per heavy atom. The molecule has 3 N–H and O–H groups in total. The smallest absolute Gasteiger partial charge is 0.245 e. The zero-order valence-corrected chi connectivity index (χ0v) is 28.9. The van der Waals surface area contributed by atoms with Gasteiger partial charge < -0.3 is 30.2 Å². The van der Waals surface area contributed by atoms with E-state index in [0.29, 0.717) is 12.8 Å². The van der Waals surface area contributed by atoms with E-state index in [4.69, 9.17) is 14.2 Å². The molecule has 5 rings (SSSR count). The minimum atomic E-state index is -1.11.